The summed E-state index contributed by atoms with van der Waals surface area (Å²) in [7, 11) is 1.85. The summed E-state index contributed by atoms with van der Waals surface area (Å²) >= 11 is 6.07. The number of likely N-dealkylation sites (tertiary alicyclic amines) is 1. The number of rotatable bonds is 5. The van der Waals surface area contributed by atoms with Crippen molar-refractivity contribution in [3.8, 4) is 5.75 Å². The highest BCUT2D eigenvalue weighted by Gasteiger charge is 2.34. The first-order valence-electron chi connectivity index (χ1n) is 10.2. The van der Waals surface area contributed by atoms with Crippen LogP contribution in [0.25, 0.3) is 0 Å². The first kappa shape index (κ1) is 20.2. The topological polar surface area (TPSA) is 53.0 Å². The Labute approximate surface area is 176 Å². The molecule has 3 atom stereocenters. The Morgan fingerprint density at radius 1 is 1.28 bits per heavy atom. The zero-order valence-corrected chi connectivity index (χ0v) is 17.4. The summed E-state index contributed by atoms with van der Waals surface area (Å²) in [4.78, 5) is 17.4. The number of aliphatic hydroxyl groups is 1. The van der Waals surface area contributed by atoms with Gasteiger partial charge in [0.05, 0.1) is 12.1 Å². The van der Waals surface area contributed by atoms with E-state index >= 15 is 0 Å². The summed E-state index contributed by atoms with van der Waals surface area (Å²) in [6, 6.07) is 15.5. The number of benzene rings is 2. The molecule has 0 saturated carbocycles. The van der Waals surface area contributed by atoms with Crippen LogP contribution in [-0.2, 0) is 11.2 Å². The third kappa shape index (κ3) is 4.58. The Bertz CT molecular complexity index is 860. The largest absolute Gasteiger partial charge is 0.480 e. The minimum atomic E-state index is -0.496. The number of hydrogen-bond acceptors (Lipinski definition) is 4. The van der Waals surface area contributed by atoms with E-state index in [0.717, 1.165) is 36.3 Å². The number of β-amino-alcohol motifs (C(OH)–C–C–N with tert-alkyl or cyclic N) is 1. The molecule has 5 nitrogen and oxygen atoms in total. The lowest BCUT2D eigenvalue weighted by Gasteiger charge is -2.35. The van der Waals surface area contributed by atoms with Crippen molar-refractivity contribution in [2.75, 3.05) is 26.7 Å². The number of aryl methyl sites for hydroxylation is 1. The molecule has 0 spiro atoms. The van der Waals surface area contributed by atoms with Gasteiger partial charge in [0.1, 0.15) is 5.75 Å². The Morgan fingerprint density at radius 2 is 2.07 bits per heavy atom. The molecule has 0 aromatic heterocycles. The van der Waals surface area contributed by atoms with Crippen LogP contribution < -0.4 is 4.74 Å². The van der Waals surface area contributed by atoms with Gasteiger partial charge in [-0.3, -0.25) is 9.69 Å². The SMILES string of the molecule is CN(C(=O)[C@@H]1CCc2cc(Cl)ccc2O1)[C@H](CN1CC[C@H](O)C1)c1ccccc1. The molecule has 1 N–H and O–H groups in total. The molecule has 1 saturated heterocycles. The summed E-state index contributed by atoms with van der Waals surface area (Å²) in [5, 5.41) is 10.6. The van der Waals surface area contributed by atoms with E-state index in [2.05, 4.69) is 17.0 Å². The second-order valence-electron chi connectivity index (χ2n) is 7.97. The van der Waals surface area contributed by atoms with Crippen LogP contribution in [0.1, 0.15) is 30.0 Å². The third-order valence-corrected chi connectivity index (χ3v) is 6.16. The van der Waals surface area contributed by atoms with Crippen molar-refractivity contribution in [2.45, 2.75) is 37.5 Å². The van der Waals surface area contributed by atoms with E-state index in [-0.39, 0.29) is 18.1 Å². The van der Waals surface area contributed by atoms with Crippen LogP contribution in [0.2, 0.25) is 5.02 Å². The maximum absolute atomic E-state index is 13.3. The third-order valence-electron chi connectivity index (χ3n) is 5.92. The van der Waals surface area contributed by atoms with Gasteiger partial charge < -0.3 is 14.7 Å². The van der Waals surface area contributed by atoms with E-state index in [0.29, 0.717) is 24.5 Å². The summed E-state index contributed by atoms with van der Waals surface area (Å²) < 4.78 is 6.04. The van der Waals surface area contributed by atoms with Crippen LogP contribution in [0, 0.1) is 0 Å². The predicted octanol–water partition coefficient (Wildman–Crippen LogP) is 3.30. The molecule has 4 rings (SSSR count). The fourth-order valence-electron chi connectivity index (χ4n) is 4.26. The number of likely N-dealkylation sites (N-methyl/N-ethyl adjacent to an activating group) is 1. The number of aliphatic hydroxyl groups excluding tert-OH is 1. The minimum absolute atomic E-state index is 0.0146. The highest BCUT2D eigenvalue weighted by molar-refractivity contribution is 6.30. The van der Waals surface area contributed by atoms with Crippen LogP contribution in [-0.4, -0.2) is 59.7 Å². The van der Waals surface area contributed by atoms with E-state index in [1.165, 1.54) is 0 Å². The maximum atomic E-state index is 13.3. The second kappa shape index (κ2) is 8.74. The molecule has 0 aliphatic carbocycles. The normalized spacial score (nSPS) is 22.6. The first-order valence-corrected chi connectivity index (χ1v) is 10.6. The molecule has 154 valence electrons. The zero-order valence-electron chi connectivity index (χ0n) is 16.6. The van der Waals surface area contributed by atoms with E-state index in [4.69, 9.17) is 16.3 Å². The Kier molecular flexibility index (Phi) is 6.09. The number of fused-ring (bicyclic) bond motifs is 1. The average Bonchev–Trinajstić information content (AvgIpc) is 3.16. The lowest BCUT2D eigenvalue weighted by atomic mass is 10.00. The fourth-order valence-corrected chi connectivity index (χ4v) is 4.46. The summed E-state index contributed by atoms with van der Waals surface area (Å²) in [5.41, 5.74) is 2.14. The second-order valence-corrected chi connectivity index (χ2v) is 8.41. The molecule has 0 bridgehead atoms. The van der Waals surface area contributed by atoms with Gasteiger partial charge in [-0.25, -0.2) is 0 Å². The molecule has 1 fully saturated rings. The molecule has 1 amide bonds. The molecule has 0 unspecified atom stereocenters. The van der Waals surface area contributed by atoms with Crippen molar-refractivity contribution in [3.05, 3.63) is 64.7 Å². The van der Waals surface area contributed by atoms with Crippen LogP contribution in [0.15, 0.2) is 48.5 Å². The van der Waals surface area contributed by atoms with Crippen molar-refractivity contribution in [1.29, 1.82) is 0 Å². The number of ether oxygens (including phenoxy) is 1. The number of carbonyl (C=O) groups is 1. The predicted molar refractivity (Wildman–Crippen MR) is 113 cm³/mol. The van der Waals surface area contributed by atoms with Crippen LogP contribution >= 0.6 is 11.6 Å². The lowest BCUT2D eigenvalue weighted by molar-refractivity contribution is -0.140. The molecule has 29 heavy (non-hydrogen) atoms. The van der Waals surface area contributed by atoms with Crippen LogP contribution in [0.5, 0.6) is 5.75 Å². The van der Waals surface area contributed by atoms with Crippen LogP contribution in [0.3, 0.4) is 0 Å². The molecule has 2 aliphatic heterocycles. The summed E-state index contributed by atoms with van der Waals surface area (Å²) in [6.45, 7) is 2.20. The molecule has 2 aromatic rings. The Morgan fingerprint density at radius 3 is 2.79 bits per heavy atom. The molecule has 2 aromatic carbocycles. The van der Waals surface area contributed by atoms with Crippen molar-refractivity contribution in [3.63, 3.8) is 0 Å². The fraction of sp³-hybridized carbons (Fsp3) is 0.435. The van der Waals surface area contributed by atoms with E-state index in [9.17, 15) is 9.90 Å². The number of carbonyl (C=O) groups excluding carboxylic acids is 1. The smallest absolute Gasteiger partial charge is 0.263 e. The summed E-state index contributed by atoms with van der Waals surface area (Å²) in [6.07, 6.45) is 1.42. The number of nitrogens with zero attached hydrogens (tertiary/aromatic N) is 2. The molecule has 0 radical (unpaired) electrons. The van der Waals surface area contributed by atoms with E-state index in [1.54, 1.807) is 6.07 Å². The standard InChI is InChI=1S/C23H27ClN2O3/c1-25(23(28)22-9-7-17-13-18(24)8-10-21(17)29-22)20(16-5-3-2-4-6-16)15-26-12-11-19(27)14-26/h2-6,8,10,13,19-20,22,27H,7,9,11-12,14-15H2,1H3/t19-,20+,22-/m0/s1. The Balaban J connectivity index is 1.51. The number of hydrogen-bond donors (Lipinski definition) is 1. The molecular weight excluding hydrogens is 388 g/mol. The molecule has 2 aliphatic rings. The van der Waals surface area contributed by atoms with Gasteiger partial charge in [0.2, 0.25) is 0 Å². The molecule has 2 heterocycles. The molecule has 6 heteroatoms. The van der Waals surface area contributed by atoms with Crippen molar-refractivity contribution in [1.82, 2.24) is 9.80 Å². The van der Waals surface area contributed by atoms with Crippen LogP contribution in [0.4, 0.5) is 0 Å². The minimum Gasteiger partial charge on any atom is -0.480 e. The summed E-state index contributed by atoms with van der Waals surface area (Å²) in [5.74, 6) is 0.727. The Hall–Kier alpha value is -2.08. The van der Waals surface area contributed by atoms with Gasteiger partial charge in [-0.2, -0.15) is 0 Å². The van der Waals surface area contributed by atoms with Gasteiger partial charge in [-0.1, -0.05) is 41.9 Å². The highest BCUT2D eigenvalue weighted by atomic mass is 35.5. The maximum Gasteiger partial charge on any atom is 0.263 e. The highest BCUT2D eigenvalue weighted by Crippen LogP contribution is 2.32. The van der Waals surface area contributed by atoms with Crippen molar-refractivity contribution >= 4 is 17.5 Å². The first-order chi connectivity index (χ1) is 14.0. The van der Waals surface area contributed by atoms with Gasteiger partial charge >= 0.3 is 0 Å². The monoisotopic (exact) mass is 414 g/mol. The quantitative estimate of drug-likeness (QED) is 0.815. The van der Waals surface area contributed by atoms with Crippen molar-refractivity contribution in [2.24, 2.45) is 0 Å². The molecular formula is C23H27ClN2O3. The van der Waals surface area contributed by atoms with Gasteiger partial charge in [-0.15, -0.1) is 0 Å². The van der Waals surface area contributed by atoms with Gasteiger partial charge in [0.25, 0.3) is 5.91 Å². The number of halogens is 1. The van der Waals surface area contributed by atoms with Gasteiger partial charge in [0.15, 0.2) is 6.10 Å². The zero-order chi connectivity index (χ0) is 20.4. The average molecular weight is 415 g/mol. The van der Waals surface area contributed by atoms with E-state index < -0.39 is 6.10 Å². The van der Waals surface area contributed by atoms with Gasteiger partial charge in [-0.05, 0) is 48.6 Å². The van der Waals surface area contributed by atoms with Crippen molar-refractivity contribution < 1.29 is 14.6 Å². The number of amides is 1. The lowest BCUT2D eigenvalue weighted by Crippen LogP contribution is -2.46. The van der Waals surface area contributed by atoms with E-state index in [1.807, 2.05) is 42.3 Å². The van der Waals surface area contributed by atoms with Gasteiger partial charge in [0, 0.05) is 31.7 Å².